The predicted molar refractivity (Wildman–Crippen MR) is 117 cm³/mol. The number of sulfonamides is 1. The lowest BCUT2D eigenvalue weighted by Gasteiger charge is -2.27. The van der Waals surface area contributed by atoms with E-state index in [0.717, 1.165) is 16.7 Å². The molecule has 1 fully saturated rings. The largest absolute Gasteiger partial charge is 0.466 e. The van der Waals surface area contributed by atoms with Gasteiger partial charge in [-0.25, -0.2) is 13.2 Å². The van der Waals surface area contributed by atoms with Crippen LogP contribution in [0.15, 0.2) is 77.2 Å². The minimum absolute atomic E-state index is 0.0400. The van der Waals surface area contributed by atoms with Gasteiger partial charge in [-0.05, 0) is 48.1 Å². The number of carbonyl (C=O) groups excluding carboxylic acids is 1. The molecule has 2 aromatic rings. The molecule has 6 nitrogen and oxygen atoms in total. The number of ether oxygens (including phenoxy) is 1. The molecule has 1 aliphatic carbocycles. The van der Waals surface area contributed by atoms with E-state index >= 15 is 0 Å². The van der Waals surface area contributed by atoms with Gasteiger partial charge < -0.3 is 9.84 Å². The van der Waals surface area contributed by atoms with Crippen molar-refractivity contribution >= 4 is 21.6 Å². The van der Waals surface area contributed by atoms with E-state index in [1.165, 1.54) is 11.4 Å². The SMILES string of the molecule is C=C(C(=O)OC)C1C2=C(c3ccccc3)C(O)CC2CN1S(=O)(=O)c1ccc(C)cc1. The summed E-state index contributed by atoms with van der Waals surface area (Å²) in [6.45, 7) is 5.95. The number of esters is 1. The van der Waals surface area contributed by atoms with Crippen molar-refractivity contribution in [3.63, 3.8) is 0 Å². The van der Waals surface area contributed by atoms with Crippen LogP contribution in [-0.2, 0) is 19.6 Å². The summed E-state index contributed by atoms with van der Waals surface area (Å²) in [5.74, 6) is -0.882. The molecule has 2 aliphatic rings. The maximum atomic E-state index is 13.6. The zero-order valence-corrected chi connectivity index (χ0v) is 18.3. The van der Waals surface area contributed by atoms with E-state index in [4.69, 9.17) is 4.74 Å². The topological polar surface area (TPSA) is 83.9 Å². The minimum atomic E-state index is -3.91. The molecule has 1 heterocycles. The van der Waals surface area contributed by atoms with Crippen molar-refractivity contribution in [2.75, 3.05) is 13.7 Å². The number of hydrogen-bond donors (Lipinski definition) is 1. The molecule has 162 valence electrons. The van der Waals surface area contributed by atoms with E-state index in [9.17, 15) is 18.3 Å². The van der Waals surface area contributed by atoms with Crippen LogP contribution in [0.4, 0.5) is 0 Å². The Bertz CT molecular complexity index is 1150. The molecule has 0 radical (unpaired) electrons. The molecular formula is C24H25NO5S. The Morgan fingerprint density at radius 1 is 1.13 bits per heavy atom. The van der Waals surface area contributed by atoms with E-state index in [1.54, 1.807) is 24.3 Å². The summed E-state index contributed by atoms with van der Waals surface area (Å²) < 4.78 is 33.4. The highest BCUT2D eigenvalue weighted by Crippen LogP contribution is 2.49. The number of nitrogens with zero attached hydrogens (tertiary/aromatic N) is 1. The van der Waals surface area contributed by atoms with Gasteiger partial charge in [0.1, 0.15) is 0 Å². The van der Waals surface area contributed by atoms with Crippen molar-refractivity contribution in [3.05, 3.63) is 83.4 Å². The van der Waals surface area contributed by atoms with Gasteiger partial charge in [0.2, 0.25) is 10.0 Å². The second kappa shape index (κ2) is 8.07. The molecule has 3 unspecified atom stereocenters. The first kappa shape index (κ1) is 21.5. The van der Waals surface area contributed by atoms with Crippen molar-refractivity contribution in [2.24, 2.45) is 5.92 Å². The second-order valence-electron chi connectivity index (χ2n) is 7.99. The number of rotatable bonds is 5. The number of benzene rings is 2. The van der Waals surface area contributed by atoms with E-state index in [2.05, 4.69) is 6.58 Å². The molecule has 0 bridgehead atoms. The van der Waals surface area contributed by atoms with E-state index < -0.39 is 28.1 Å². The van der Waals surface area contributed by atoms with Crippen molar-refractivity contribution < 1.29 is 23.1 Å². The summed E-state index contributed by atoms with van der Waals surface area (Å²) >= 11 is 0. The van der Waals surface area contributed by atoms with Crippen molar-refractivity contribution in [3.8, 4) is 0 Å². The van der Waals surface area contributed by atoms with E-state index in [1.807, 2.05) is 37.3 Å². The van der Waals surface area contributed by atoms with Crippen LogP contribution in [0.3, 0.4) is 0 Å². The first-order chi connectivity index (χ1) is 14.8. The molecule has 1 aliphatic heterocycles. The van der Waals surface area contributed by atoms with Gasteiger partial charge in [0.25, 0.3) is 0 Å². The third kappa shape index (κ3) is 3.63. The van der Waals surface area contributed by atoms with Gasteiger partial charge in [0.15, 0.2) is 0 Å². The lowest BCUT2D eigenvalue weighted by molar-refractivity contribution is -0.136. The summed E-state index contributed by atoms with van der Waals surface area (Å²) in [4.78, 5) is 12.6. The molecule has 0 amide bonds. The number of methoxy groups -OCH3 is 1. The maximum Gasteiger partial charge on any atom is 0.335 e. The number of aliphatic hydroxyl groups is 1. The Morgan fingerprint density at radius 3 is 2.39 bits per heavy atom. The number of fused-ring (bicyclic) bond motifs is 1. The summed E-state index contributed by atoms with van der Waals surface area (Å²) in [6, 6.07) is 15.1. The van der Waals surface area contributed by atoms with Crippen LogP contribution in [0, 0.1) is 12.8 Å². The molecule has 1 N–H and O–H groups in total. The van der Waals surface area contributed by atoms with E-state index in [-0.39, 0.29) is 22.9 Å². The zero-order valence-electron chi connectivity index (χ0n) is 17.5. The lowest BCUT2D eigenvalue weighted by Crippen LogP contribution is -2.39. The van der Waals surface area contributed by atoms with Gasteiger partial charge in [-0.1, -0.05) is 54.6 Å². The number of hydrogen-bond acceptors (Lipinski definition) is 5. The molecule has 2 aromatic carbocycles. The highest BCUT2D eigenvalue weighted by atomic mass is 32.2. The summed E-state index contributed by atoms with van der Waals surface area (Å²) in [7, 11) is -2.66. The Balaban J connectivity index is 1.88. The summed E-state index contributed by atoms with van der Waals surface area (Å²) in [5.41, 5.74) is 3.19. The van der Waals surface area contributed by atoms with Gasteiger partial charge >= 0.3 is 5.97 Å². The van der Waals surface area contributed by atoms with Crippen LogP contribution in [0.1, 0.15) is 17.5 Å². The highest BCUT2D eigenvalue weighted by molar-refractivity contribution is 7.89. The van der Waals surface area contributed by atoms with Crippen molar-refractivity contribution in [1.82, 2.24) is 4.31 Å². The van der Waals surface area contributed by atoms with Gasteiger partial charge in [0.05, 0.1) is 29.7 Å². The minimum Gasteiger partial charge on any atom is -0.466 e. The third-order valence-corrected chi connectivity index (χ3v) is 7.91. The Hall–Kier alpha value is -2.74. The van der Waals surface area contributed by atoms with Gasteiger partial charge in [0, 0.05) is 6.54 Å². The van der Waals surface area contributed by atoms with Crippen LogP contribution in [0.2, 0.25) is 0 Å². The molecule has 3 atom stereocenters. The molecule has 0 aromatic heterocycles. The molecule has 1 saturated heterocycles. The maximum absolute atomic E-state index is 13.6. The lowest BCUT2D eigenvalue weighted by atomic mass is 9.92. The Kier molecular flexibility index (Phi) is 5.60. The fourth-order valence-corrected chi connectivity index (χ4v) is 6.26. The number of aryl methyl sites for hydroxylation is 1. The van der Waals surface area contributed by atoms with E-state index in [0.29, 0.717) is 12.0 Å². The van der Waals surface area contributed by atoms with Crippen LogP contribution in [0.25, 0.3) is 5.57 Å². The summed E-state index contributed by atoms with van der Waals surface area (Å²) in [5, 5.41) is 10.8. The molecular weight excluding hydrogens is 414 g/mol. The second-order valence-corrected chi connectivity index (χ2v) is 9.88. The quantitative estimate of drug-likeness (QED) is 0.572. The first-order valence-electron chi connectivity index (χ1n) is 10.1. The molecule has 0 saturated carbocycles. The number of carbonyl (C=O) groups is 1. The molecule has 7 heteroatoms. The monoisotopic (exact) mass is 439 g/mol. The fourth-order valence-electron chi connectivity index (χ4n) is 4.61. The highest BCUT2D eigenvalue weighted by Gasteiger charge is 2.51. The normalized spacial score (nSPS) is 23.6. The summed E-state index contributed by atoms with van der Waals surface area (Å²) in [6.07, 6.45) is -0.343. The Labute approximate surface area is 182 Å². The first-order valence-corrected chi connectivity index (χ1v) is 11.5. The van der Waals surface area contributed by atoms with Gasteiger partial charge in [-0.2, -0.15) is 4.31 Å². The van der Waals surface area contributed by atoms with Crippen molar-refractivity contribution in [1.29, 1.82) is 0 Å². The van der Waals surface area contributed by atoms with Crippen LogP contribution in [0.5, 0.6) is 0 Å². The standard InChI is InChI=1S/C24H25NO5S/c1-15-9-11-19(12-10-15)31(28,29)25-14-18-13-20(26)21(17-7-5-4-6-8-17)22(18)23(25)16(2)24(27)30-3/h4-12,18,20,23,26H,2,13-14H2,1,3H3. The van der Waals surface area contributed by atoms with Gasteiger partial charge in [-0.15, -0.1) is 0 Å². The van der Waals surface area contributed by atoms with Crippen molar-refractivity contribution in [2.45, 2.75) is 30.4 Å². The molecule has 4 rings (SSSR count). The van der Waals surface area contributed by atoms with Crippen LogP contribution >= 0.6 is 0 Å². The molecule has 31 heavy (non-hydrogen) atoms. The van der Waals surface area contributed by atoms with Crippen LogP contribution in [-0.4, -0.2) is 49.6 Å². The zero-order chi connectivity index (χ0) is 22.3. The molecule has 0 spiro atoms. The fraction of sp³-hybridized carbons (Fsp3) is 0.292. The third-order valence-electron chi connectivity index (χ3n) is 6.06. The van der Waals surface area contributed by atoms with Crippen LogP contribution < -0.4 is 0 Å². The Morgan fingerprint density at radius 2 is 1.77 bits per heavy atom. The predicted octanol–water partition coefficient (Wildman–Crippen LogP) is 2.93. The average molecular weight is 440 g/mol. The van der Waals surface area contributed by atoms with Gasteiger partial charge in [-0.3, -0.25) is 0 Å². The average Bonchev–Trinajstić information content (AvgIpc) is 3.28. The number of aliphatic hydroxyl groups excluding tert-OH is 1. The smallest absolute Gasteiger partial charge is 0.335 e.